The van der Waals surface area contributed by atoms with Crippen molar-refractivity contribution in [2.45, 2.75) is 18.8 Å². The molecule has 1 aliphatic heterocycles. The van der Waals surface area contributed by atoms with Crippen LogP contribution in [0.5, 0.6) is 0 Å². The van der Waals surface area contributed by atoms with E-state index >= 15 is 0 Å². The van der Waals surface area contributed by atoms with Gasteiger partial charge in [-0.1, -0.05) is 12.1 Å². The first-order valence-electron chi connectivity index (χ1n) is 5.31. The molecule has 2 rings (SSSR count). The minimum absolute atomic E-state index is 0.363. The van der Waals surface area contributed by atoms with Crippen LogP contribution in [0.2, 0.25) is 0 Å². The first kappa shape index (κ1) is 10.2. The Morgan fingerprint density at radius 1 is 1.33 bits per heavy atom. The predicted octanol–water partition coefficient (Wildman–Crippen LogP) is 1.85. The standard InChI is InChI=1S/C12H15NO2/c14-12(15)10-5-3-9(4-6-10)11-2-1-7-13-8-11/h3-6,11,13H,1-2,7-8H2,(H,14,15)/t11-/m1/s1. The van der Waals surface area contributed by atoms with Crippen LogP contribution in [0.4, 0.5) is 0 Å². The second-order valence-corrected chi connectivity index (χ2v) is 3.97. The van der Waals surface area contributed by atoms with Crippen LogP contribution in [-0.4, -0.2) is 24.2 Å². The van der Waals surface area contributed by atoms with Crippen LogP contribution in [0, 0.1) is 0 Å². The normalized spacial score (nSPS) is 21.2. The van der Waals surface area contributed by atoms with E-state index in [0.717, 1.165) is 13.1 Å². The van der Waals surface area contributed by atoms with Gasteiger partial charge < -0.3 is 10.4 Å². The van der Waals surface area contributed by atoms with Crippen molar-refractivity contribution < 1.29 is 9.90 Å². The zero-order valence-electron chi connectivity index (χ0n) is 8.57. The van der Waals surface area contributed by atoms with Gasteiger partial charge in [-0.15, -0.1) is 0 Å². The van der Waals surface area contributed by atoms with E-state index in [1.165, 1.54) is 18.4 Å². The molecule has 1 heterocycles. The Morgan fingerprint density at radius 2 is 2.07 bits per heavy atom. The zero-order valence-corrected chi connectivity index (χ0v) is 8.57. The lowest BCUT2D eigenvalue weighted by Crippen LogP contribution is -2.28. The van der Waals surface area contributed by atoms with Crippen LogP contribution in [0.15, 0.2) is 24.3 Å². The molecule has 1 aromatic rings. The van der Waals surface area contributed by atoms with Gasteiger partial charge in [0.1, 0.15) is 0 Å². The lowest BCUT2D eigenvalue weighted by atomic mass is 9.91. The Morgan fingerprint density at radius 3 is 2.60 bits per heavy atom. The summed E-state index contributed by atoms with van der Waals surface area (Å²) in [7, 11) is 0. The van der Waals surface area contributed by atoms with Crippen molar-refractivity contribution in [2.75, 3.05) is 13.1 Å². The lowest BCUT2D eigenvalue weighted by molar-refractivity contribution is 0.0697. The van der Waals surface area contributed by atoms with Gasteiger partial charge in [0.25, 0.3) is 0 Å². The molecule has 0 spiro atoms. The molecule has 0 saturated carbocycles. The van der Waals surface area contributed by atoms with Crippen LogP contribution >= 0.6 is 0 Å². The van der Waals surface area contributed by atoms with Gasteiger partial charge in [0.05, 0.1) is 5.56 Å². The highest BCUT2D eigenvalue weighted by atomic mass is 16.4. The van der Waals surface area contributed by atoms with Crippen molar-refractivity contribution in [3.05, 3.63) is 35.4 Å². The highest BCUT2D eigenvalue weighted by Crippen LogP contribution is 2.23. The van der Waals surface area contributed by atoms with Crippen molar-refractivity contribution in [1.82, 2.24) is 5.32 Å². The number of carbonyl (C=O) groups is 1. The summed E-state index contributed by atoms with van der Waals surface area (Å²) in [6.07, 6.45) is 2.39. The number of aromatic carboxylic acids is 1. The summed E-state index contributed by atoms with van der Waals surface area (Å²) in [6, 6.07) is 7.24. The molecule has 15 heavy (non-hydrogen) atoms. The quantitative estimate of drug-likeness (QED) is 0.774. The molecule has 3 nitrogen and oxygen atoms in total. The SMILES string of the molecule is O=C(O)c1ccc([C@@H]2CCCNC2)cc1. The van der Waals surface area contributed by atoms with E-state index in [1.54, 1.807) is 12.1 Å². The van der Waals surface area contributed by atoms with E-state index in [-0.39, 0.29) is 0 Å². The summed E-state index contributed by atoms with van der Waals surface area (Å²) in [4.78, 5) is 10.7. The van der Waals surface area contributed by atoms with Crippen molar-refractivity contribution in [3.63, 3.8) is 0 Å². The average molecular weight is 205 g/mol. The predicted molar refractivity (Wildman–Crippen MR) is 58.2 cm³/mol. The first-order chi connectivity index (χ1) is 7.27. The number of carboxylic acids is 1. The minimum atomic E-state index is -0.858. The van der Waals surface area contributed by atoms with Gasteiger partial charge in [-0.25, -0.2) is 4.79 Å². The fourth-order valence-electron chi connectivity index (χ4n) is 2.03. The van der Waals surface area contributed by atoms with E-state index < -0.39 is 5.97 Å². The fourth-order valence-corrected chi connectivity index (χ4v) is 2.03. The van der Waals surface area contributed by atoms with Crippen molar-refractivity contribution in [3.8, 4) is 0 Å². The molecule has 1 atom stereocenters. The maximum absolute atomic E-state index is 10.7. The highest BCUT2D eigenvalue weighted by Gasteiger charge is 2.15. The number of benzene rings is 1. The van der Waals surface area contributed by atoms with Crippen LogP contribution in [0.1, 0.15) is 34.7 Å². The third kappa shape index (κ3) is 2.36. The molecule has 0 aromatic heterocycles. The molecule has 0 amide bonds. The molecule has 0 aliphatic carbocycles. The zero-order chi connectivity index (χ0) is 10.7. The fraction of sp³-hybridized carbons (Fsp3) is 0.417. The molecule has 0 radical (unpaired) electrons. The Balaban J connectivity index is 2.11. The second kappa shape index (κ2) is 4.45. The third-order valence-corrected chi connectivity index (χ3v) is 2.93. The number of hydrogen-bond donors (Lipinski definition) is 2. The first-order valence-corrected chi connectivity index (χ1v) is 5.31. The summed E-state index contributed by atoms with van der Waals surface area (Å²) < 4.78 is 0. The van der Waals surface area contributed by atoms with Crippen LogP contribution in [0.25, 0.3) is 0 Å². The van der Waals surface area contributed by atoms with Crippen molar-refractivity contribution in [2.24, 2.45) is 0 Å². The lowest BCUT2D eigenvalue weighted by Gasteiger charge is -2.23. The smallest absolute Gasteiger partial charge is 0.335 e. The number of carboxylic acid groups (broad SMARTS) is 1. The summed E-state index contributed by atoms with van der Waals surface area (Å²) in [5.41, 5.74) is 1.61. The molecule has 0 unspecified atom stereocenters. The summed E-state index contributed by atoms with van der Waals surface area (Å²) in [5.74, 6) is -0.315. The summed E-state index contributed by atoms with van der Waals surface area (Å²) in [6.45, 7) is 2.11. The molecule has 2 N–H and O–H groups in total. The Kier molecular flexibility index (Phi) is 3.02. The summed E-state index contributed by atoms with van der Waals surface area (Å²) in [5, 5.41) is 12.1. The average Bonchev–Trinajstić information content (AvgIpc) is 2.30. The van der Waals surface area contributed by atoms with Gasteiger partial charge in [0.2, 0.25) is 0 Å². The van der Waals surface area contributed by atoms with Gasteiger partial charge in [-0.3, -0.25) is 0 Å². The van der Waals surface area contributed by atoms with Crippen LogP contribution < -0.4 is 5.32 Å². The monoisotopic (exact) mass is 205 g/mol. The minimum Gasteiger partial charge on any atom is -0.478 e. The molecule has 0 bridgehead atoms. The topological polar surface area (TPSA) is 49.3 Å². The molecule has 80 valence electrons. The second-order valence-electron chi connectivity index (χ2n) is 3.97. The van der Waals surface area contributed by atoms with Crippen LogP contribution in [-0.2, 0) is 0 Å². The number of piperidine rings is 1. The largest absolute Gasteiger partial charge is 0.478 e. The van der Waals surface area contributed by atoms with E-state index in [1.807, 2.05) is 12.1 Å². The van der Waals surface area contributed by atoms with Gasteiger partial charge in [0.15, 0.2) is 0 Å². The van der Waals surface area contributed by atoms with E-state index in [4.69, 9.17) is 5.11 Å². The molecule has 1 aromatic carbocycles. The van der Waals surface area contributed by atoms with E-state index in [9.17, 15) is 4.79 Å². The number of rotatable bonds is 2. The van der Waals surface area contributed by atoms with E-state index in [2.05, 4.69) is 5.32 Å². The van der Waals surface area contributed by atoms with Crippen molar-refractivity contribution >= 4 is 5.97 Å². The maximum atomic E-state index is 10.7. The molecular weight excluding hydrogens is 190 g/mol. The summed E-state index contributed by atoms with van der Waals surface area (Å²) >= 11 is 0. The van der Waals surface area contributed by atoms with E-state index in [0.29, 0.717) is 11.5 Å². The number of nitrogens with one attached hydrogen (secondary N) is 1. The number of hydrogen-bond acceptors (Lipinski definition) is 2. The van der Waals surface area contributed by atoms with Gasteiger partial charge in [-0.2, -0.15) is 0 Å². The Bertz CT molecular complexity index is 339. The third-order valence-electron chi connectivity index (χ3n) is 2.93. The molecule has 1 saturated heterocycles. The van der Waals surface area contributed by atoms with Gasteiger partial charge in [0, 0.05) is 6.54 Å². The highest BCUT2D eigenvalue weighted by molar-refractivity contribution is 5.87. The van der Waals surface area contributed by atoms with Gasteiger partial charge in [-0.05, 0) is 43.0 Å². The molecule has 3 heteroatoms. The molecule has 1 fully saturated rings. The van der Waals surface area contributed by atoms with Gasteiger partial charge >= 0.3 is 5.97 Å². The Hall–Kier alpha value is -1.35. The Labute approximate surface area is 89.1 Å². The molecular formula is C12H15NO2. The molecule has 1 aliphatic rings. The maximum Gasteiger partial charge on any atom is 0.335 e. The van der Waals surface area contributed by atoms with Crippen LogP contribution in [0.3, 0.4) is 0 Å². The van der Waals surface area contributed by atoms with Crippen molar-refractivity contribution in [1.29, 1.82) is 0 Å².